The molecular weight excluding hydrogens is 407 g/mol. The van der Waals surface area contributed by atoms with Crippen LogP contribution in [-0.4, -0.2) is 24.5 Å². The lowest BCUT2D eigenvalue weighted by molar-refractivity contribution is 0.111. The third-order valence-corrected chi connectivity index (χ3v) is 3.50. The third-order valence-electron chi connectivity index (χ3n) is 3.50. The van der Waals surface area contributed by atoms with Gasteiger partial charge in [0, 0.05) is 25.4 Å². The highest BCUT2D eigenvalue weighted by Gasteiger charge is 2.11. The van der Waals surface area contributed by atoms with Gasteiger partial charge in [-0.2, -0.15) is 5.43 Å². The fourth-order valence-corrected chi connectivity index (χ4v) is 2.11. The minimum Gasteiger partial charge on any atom is -0.388 e. The van der Waals surface area contributed by atoms with Crippen LogP contribution in [0.15, 0.2) is 95.7 Å². The van der Waals surface area contributed by atoms with Crippen molar-refractivity contribution in [2.75, 3.05) is 12.4 Å². The van der Waals surface area contributed by atoms with Gasteiger partial charge in [0.15, 0.2) is 6.29 Å². The van der Waals surface area contributed by atoms with Gasteiger partial charge in [-0.25, -0.2) is 9.93 Å². The lowest BCUT2D eigenvalue weighted by Gasteiger charge is -2.07. The molecule has 0 spiro atoms. The van der Waals surface area contributed by atoms with Gasteiger partial charge in [0.2, 0.25) is 0 Å². The minimum atomic E-state index is -0.192. The Morgan fingerprint density at radius 1 is 1.22 bits per heavy atom. The van der Waals surface area contributed by atoms with Crippen LogP contribution in [0.3, 0.4) is 0 Å². The predicted molar refractivity (Wildman–Crippen MR) is 130 cm³/mol. The number of benzene rings is 1. The van der Waals surface area contributed by atoms with E-state index in [1.54, 1.807) is 42.6 Å². The zero-order valence-corrected chi connectivity index (χ0v) is 19.1. The third kappa shape index (κ3) is 14.4. The molecule has 0 bridgehead atoms. The summed E-state index contributed by atoms with van der Waals surface area (Å²) in [5.74, 6) is -0.192. The van der Waals surface area contributed by atoms with Gasteiger partial charge in [-0.1, -0.05) is 62.1 Å². The molecule has 7 nitrogen and oxygen atoms in total. The Kier molecular flexibility index (Phi) is 17.1. The summed E-state index contributed by atoms with van der Waals surface area (Å²) >= 11 is 0. The average molecular weight is 441 g/mol. The predicted octanol–water partition coefficient (Wildman–Crippen LogP) is 5.59. The Labute approximate surface area is 190 Å². The number of aldehydes is 1. The average Bonchev–Trinajstić information content (AvgIpc) is 3.35. The molecule has 8 heteroatoms. The van der Waals surface area contributed by atoms with Crippen LogP contribution in [0.25, 0.3) is 0 Å². The molecule has 0 saturated carbocycles. The number of hydrogen-bond acceptors (Lipinski definition) is 7. The summed E-state index contributed by atoms with van der Waals surface area (Å²) in [6.07, 6.45) is 9.43. The molecular formula is C24H33FN6O. The van der Waals surface area contributed by atoms with E-state index in [1.165, 1.54) is 18.6 Å². The molecule has 1 aromatic heterocycles. The molecule has 0 saturated heterocycles. The Bertz CT molecular complexity index is 849. The van der Waals surface area contributed by atoms with Gasteiger partial charge in [-0.15, -0.1) is 5.11 Å². The summed E-state index contributed by atoms with van der Waals surface area (Å²) in [5, 5.41) is 10.7. The van der Waals surface area contributed by atoms with Crippen molar-refractivity contribution in [3.63, 3.8) is 0 Å². The molecule has 1 aliphatic rings. The van der Waals surface area contributed by atoms with E-state index < -0.39 is 0 Å². The maximum atomic E-state index is 11.8. The zero-order valence-electron chi connectivity index (χ0n) is 19.1. The molecule has 2 heterocycles. The first kappa shape index (κ1) is 28.4. The molecule has 32 heavy (non-hydrogen) atoms. The van der Waals surface area contributed by atoms with E-state index in [1.807, 2.05) is 33.0 Å². The van der Waals surface area contributed by atoms with Crippen molar-refractivity contribution in [2.24, 2.45) is 10.3 Å². The Morgan fingerprint density at radius 3 is 2.50 bits per heavy atom. The van der Waals surface area contributed by atoms with Gasteiger partial charge in [-0.05, 0) is 42.8 Å². The van der Waals surface area contributed by atoms with E-state index in [9.17, 15) is 9.18 Å². The Balaban J connectivity index is 0.000000462. The summed E-state index contributed by atoms with van der Waals surface area (Å²) in [7, 11) is 1.91. The summed E-state index contributed by atoms with van der Waals surface area (Å²) in [6.45, 7) is 8.82. The summed E-state index contributed by atoms with van der Waals surface area (Å²) in [4.78, 5) is 13.7. The molecule has 1 aliphatic heterocycles. The van der Waals surface area contributed by atoms with Crippen molar-refractivity contribution >= 4 is 12.0 Å². The van der Waals surface area contributed by atoms with Gasteiger partial charge in [0.25, 0.3) is 0 Å². The van der Waals surface area contributed by atoms with E-state index in [0.29, 0.717) is 5.69 Å². The van der Waals surface area contributed by atoms with Gasteiger partial charge < -0.3 is 5.32 Å². The van der Waals surface area contributed by atoms with Gasteiger partial charge in [-0.3, -0.25) is 9.78 Å². The van der Waals surface area contributed by atoms with E-state index in [2.05, 4.69) is 50.3 Å². The Hall–Kier alpha value is -3.65. The molecule has 172 valence electrons. The van der Waals surface area contributed by atoms with Crippen molar-refractivity contribution in [1.29, 1.82) is 0 Å². The SMILES string of the molecule is C=C/C=C\C=C(/C)F.CC.CNc1cccc(CC2N=NNN2)c1.O=Cc1ccccn1. The van der Waals surface area contributed by atoms with E-state index >= 15 is 0 Å². The quantitative estimate of drug-likeness (QED) is 0.402. The summed E-state index contributed by atoms with van der Waals surface area (Å²) in [5.41, 5.74) is 8.38. The molecule has 1 atom stereocenters. The number of carbonyl (C=O) groups is 1. The zero-order chi connectivity index (χ0) is 24.0. The molecule has 0 fully saturated rings. The summed E-state index contributed by atoms with van der Waals surface area (Å²) in [6, 6.07) is 13.5. The van der Waals surface area contributed by atoms with E-state index in [4.69, 9.17) is 0 Å². The summed E-state index contributed by atoms with van der Waals surface area (Å²) < 4.78 is 11.8. The number of anilines is 1. The topological polar surface area (TPSA) is 90.8 Å². The Morgan fingerprint density at radius 2 is 2.00 bits per heavy atom. The first-order valence-corrected chi connectivity index (χ1v) is 10.2. The second kappa shape index (κ2) is 19.3. The number of carbonyl (C=O) groups excluding carboxylic acids is 1. The van der Waals surface area contributed by atoms with Gasteiger partial charge in [0.05, 0.1) is 5.83 Å². The van der Waals surface area contributed by atoms with Crippen molar-refractivity contribution in [2.45, 2.75) is 33.4 Å². The number of hydrazine groups is 1. The molecule has 1 unspecified atom stereocenters. The maximum Gasteiger partial charge on any atom is 0.168 e. The van der Waals surface area contributed by atoms with Crippen LogP contribution in [0.2, 0.25) is 0 Å². The number of allylic oxidation sites excluding steroid dienone is 5. The lowest BCUT2D eigenvalue weighted by atomic mass is 10.1. The highest BCUT2D eigenvalue weighted by molar-refractivity contribution is 5.71. The molecule has 3 rings (SSSR count). The largest absolute Gasteiger partial charge is 0.388 e. The number of nitrogens with one attached hydrogen (secondary N) is 3. The van der Waals surface area contributed by atoms with Crippen LogP contribution in [0.5, 0.6) is 0 Å². The molecule has 0 amide bonds. The number of pyridine rings is 1. The number of halogens is 1. The van der Waals surface area contributed by atoms with Crippen LogP contribution < -0.4 is 16.3 Å². The molecule has 0 radical (unpaired) electrons. The van der Waals surface area contributed by atoms with Crippen molar-refractivity contribution < 1.29 is 9.18 Å². The number of rotatable bonds is 6. The molecule has 0 aliphatic carbocycles. The normalized spacial score (nSPS) is 13.9. The fourth-order valence-electron chi connectivity index (χ4n) is 2.11. The van der Waals surface area contributed by atoms with Crippen LogP contribution in [0, 0.1) is 0 Å². The highest BCUT2D eigenvalue weighted by Crippen LogP contribution is 2.12. The van der Waals surface area contributed by atoms with Crippen molar-refractivity contribution in [1.82, 2.24) is 15.9 Å². The highest BCUT2D eigenvalue weighted by atomic mass is 19.1. The fraction of sp³-hybridized carbons (Fsp3) is 0.250. The van der Waals surface area contributed by atoms with Crippen LogP contribution >= 0.6 is 0 Å². The van der Waals surface area contributed by atoms with Crippen molar-refractivity contribution in [3.8, 4) is 0 Å². The number of aromatic nitrogens is 1. The van der Waals surface area contributed by atoms with Crippen LogP contribution in [-0.2, 0) is 6.42 Å². The van der Waals surface area contributed by atoms with E-state index in [0.717, 1.165) is 18.4 Å². The number of hydrogen-bond donors (Lipinski definition) is 3. The standard InChI is InChI=1S/C9H13N5.C7H9F.C6H5NO.C2H6/c1-10-8-4-2-3-7(5-8)6-9-11-13-14-12-9;1-3-4-5-6-7(2)8;8-5-6-3-1-2-4-7-6;1-2/h2-5,9-10H,6H2,1H3,(H,11,14)(H,12,13);3-6H,1H2,2H3;1-5H;1-2H3/b;5-4-,7-6+;;. The van der Waals surface area contributed by atoms with Gasteiger partial charge >= 0.3 is 0 Å². The molecule has 1 aromatic carbocycles. The smallest absolute Gasteiger partial charge is 0.168 e. The van der Waals surface area contributed by atoms with Crippen molar-refractivity contribution in [3.05, 3.63) is 96.6 Å². The van der Waals surface area contributed by atoms with Gasteiger partial charge in [0.1, 0.15) is 11.9 Å². The monoisotopic (exact) mass is 440 g/mol. The first-order valence-electron chi connectivity index (χ1n) is 10.2. The van der Waals surface area contributed by atoms with E-state index in [-0.39, 0.29) is 12.0 Å². The number of nitrogens with zero attached hydrogens (tertiary/aromatic N) is 3. The van der Waals surface area contributed by atoms with Crippen LogP contribution in [0.4, 0.5) is 10.1 Å². The molecule has 3 N–H and O–H groups in total. The minimum absolute atomic E-state index is 0.0436. The first-order chi connectivity index (χ1) is 15.6. The maximum absolute atomic E-state index is 11.8. The lowest BCUT2D eigenvalue weighted by Crippen LogP contribution is -2.31. The van der Waals surface area contributed by atoms with Crippen LogP contribution in [0.1, 0.15) is 36.8 Å². The second-order valence-electron chi connectivity index (χ2n) is 5.89. The second-order valence-corrected chi connectivity index (χ2v) is 5.89. The molecule has 2 aromatic rings.